The van der Waals surface area contributed by atoms with Gasteiger partial charge in [0.05, 0.1) is 11.4 Å². The van der Waals surface area contributed by atoms with Gasteiger partial charge in [0.25, 0.3) is 0 Å². The topological polar surface area (TPSA) is 66.5 Å². The minimum atomic E-state index is -4.62. The molecule has 2 aromatic carbocycles. The van der Waals surface area contributed by atoms with Crippen molar-refractivity contribution in [1.29, 1.82) is 0 Å². The zero-order valence-corrected chi connectivity index (χ0v) is 16.1. The lowest BCUT2D eigenvalue weighted by Crippen LogP contribution is -2.36. The summed E-state index contributed by atoms with van der Waals surface area (Å²) in [6.45, 7) is 3.16. The number of rotatable bonds is 9. The van der Waals surface area contributed by atoms with E-state index in [9.17, 15) is 26.4 Å². The van der Waals surface area contributed by atoms with Crippen molar-refractivity contribution in [3.05, 3.63) is 65.5 Å². The van der Waals surface area contributed by atoms with E-state index < -0.39 is 20.5 Å². The van der Waals surface area contributed by atoms with E-state index in [-0.39, 0.29) is 24.8 Å². The summed E-state index contributed by atoms with van der Waals surface area (Å²) >= 11 is 0. The molecule has 28 heavy (non-hydrogen) atoms. The SMILES string of the molecule is CCN(CC(=O)NCc1ccc(F)cc1)Cc1ccc(S(=O)(=O)C(F)F)cc1. The normalized spacial score (nSPS) is 11.8. The first kappa shape index (κ1) is 21.9. The maximum absolute atomic E-state index is 12.9. The molecular formula is C19H21F3N2O3S. The zero-order chi connectivity index (χ0) is 20.7. The molecule has 5 nitrogen and oxygen atoms in total. The number of sulfone groups is 1. The van der Waals surface area contributed by atoms with Gasteiger partial charge < -0.3 is 5.32 Å². The van der Waals surface area contributed by atoms with Crippen LogP contribution in [0.3, 0.4) is 0 Å². The van der Waals surface area contributed by atoms with Gasteiger partial charge in [0.2, 0.25) is 15.7 Å². The van der Waals surface area contributed by atoms with Gasteiger partial charge in [-0.15, -0.1) is 0 Å². The van der Waals surface area contributed by atoms with Gasteiger partial charge in [-0.1, -0.05) is 31.2 Å². The summed E-state index contributed by atoms with van der Waals surface area (Å²) in [7, 11) is -4.62. The van der Waals surface area contributed by atoms with E-state index in [1.54, 1.807) is 12.1 Å². The minimum absolute atomic E-state index is 0.106. The van der Waals surface area contributed by atoms with E-state index >= 15 is 0 Å². The van der Waals surface area contributed by atoms with Crippen molar-refractivity contribution in [2.24, 2.45) is 0 Å². The summed E-state index contributed by atoms with van der Waals surface area (Å²) in [5.74, 6) is -4.03. The van der Waals surface area contributed by atoms with Gasteiger partial charge in [-0.3, -0.25) is 9.69 Å². The fraction of sp³-hybridized carbons (Fsp3) is 0.316. The largest absolute Gasteiger partial charge is 0.351 e. The molecule has 0 heterocycles. The Bertz CT molecular complexity index is 886. The number of likely N-dealkylation sites (N-methyl/N-ethyl adjacent to an activating group) is 1. The summed E-state index contributed by atoms with van der Waals surface area (Å²) in [6, 6.07) is 11.0. The number of hydrogen-bond donors (Lipinski definition) is 1. The van der Waals surface area contributed by atoms with Crippen molar-refractivity contribution in [1.82, 2.24) is 10.2 Å². The van der Waals surface area contributed by atoms with E-state index in [4.69, 9.17) is 0 Å². The summed E-state index contributed by atoms with van der Waals surface area (Å²) in [5.41, 5.74) is 1.47. The monoisotopic (exact) mass is 414 g/mol. The molecule has 0 atom stereocenters. The molecule has 0 aliphatic carbocycles. The average molecular weight is 414 g/mol. The fourth-order valence-corrected chi connectivity index (χ4v) is 3.21. The van der Waals surface area contributed by atoms with Crippen LogP contribution in [0.25, 0.3) is 0 Å². The molecule has 0 aliphatic heterocycles. The minimum Gasteiger partial charge on any atom is -0.351 e. The molecule has 0 bridgehead atoms. The van der Waals surface area contributed by atoms with Crippen LogP contribution in [0.15, 0.2) is 53.4 Å². The standard InChI is InChI=1S/C19H21F3N2O3S/c1-2-24(13-18(25)23-11-14-3-7-16(20)8-4-14)12-15-5-9-17(10-6-15)28(26,27)19(21)22/h3-10,19H,2,11-13H2,1H3,(H,23,25). The molecule has 0 unspecified atom stereocenters. The molecule has 0 radical (unpaired) electrons. The molecule has 1 N–H and O–H groups in total. The second kappa shape index (κ2) is 9.70. The summed E-state index contributed by atoms with van der Waals surface area (Å²) in [5, 5.41) is 2.74. The first-order valence-electron chi connectivity index (χ1n) is 8.57. The van der Waals surface area contributed by atoms with Gasteiger partial charge in [-0.2, -0.15) is 8.78 Å². The van der Waals surface area contributed by atoms with Gasteiger partial charge in [-0.25, -0.2) is 12.8 Å². The number of hydrogen-bond acceptors (Lipinski definition) is 4. The quantitative estimate of drug-likeness (QED) is 0.685. The molecule has 0 saturated carbocycles. The lowest BCUT2D eigenvalue weighted by Gasteiger charge is -2.20. The van der Waals surface area contributed by atoms with Gasteiger partial charge in [0.15, 0.2) is 0 Å². The van der Waals surface area contributed by atoms with Crippen LogP contribution < -0.4 is 5.32 Å². The van der Waals surface area contributed by atoms with E-state index in [0.717, 1.165) is 17.7 Å². The number of amides is 1. The van der Waals surface area contributed by atoms with E-state index in [1.807, 2.05) is 11.8 Å². The third-order valence-electron chi connectivity index (χ3n) is 4.11. The number of nitrogens with zero attached hydrogens (tertiary/aromatic N) is 1. The van der Waals surface area contributed by atoms with Gasteiger partial charge in [0, 0.05) is 13.1 Å². The lowest BCUT2D eigenvalue weighted by atomic mass is 10.2. The maximum Gasteiger partial charge on any atom is 0.341 e. The Kier molecular flexibility index (Phi) is 7.59. The van der Waals surface area contributed by atoms with Gasteiger partial charge >= 0.3 is 5.76 Å². The molecule has 0 spiro atoms. The fourth-order valence-electron chi connectivity index (χ4n) is 2.49. The van der Waals surface area contributed by atoms with Crippen LogP contribution in [0, 0.1) is 5.82 Å². The summed E-state index contributed by atoms with van der Waals surface area (Å²) in [6.07, 6.45) is 0. The molecule has 0 fully saturated rings. The van der Waals surface area contributed by atoms with Crippen LogP contribution in [-0.4, -0.2) is 38.1 Å². The smallest absolute Gasteiger partial charge is 0.341 e. The maximum atomic E-state index is 12.9. The van der Waals surface area contributed by atoms with Crippen molar-refractivity contribution >= 4 is 15.7 Å². The highest BCUT2D eigenvalue weighted by molar-refractivity contribution is 7.91. The number of alkyl halides is 2. The Morgan fingerprint density at radius 3 is 2.14 bits per heavy atom. The van der Waals surface area contributed by atoms with Gasteiger partial charge in [0.1, 0.15) is 5.82 Å². The molecule has 0 aromatic heterocycles. The first-order chi connectivity index (χ1) is 13.2. The van der Waals surface area contributed by atoms with Crippen LogP contribution in [0.4, 0.5) is 13.2 Å². The second-order valence-corrected chi connectivity index (χ2v) is 8.07. The van der Waals surface area contributed by atoms with Crippen molar-refractivity contribution in [3.63, 3.8) is 0 Å². The number of nitrogens with one attached hydrogen (secondary N) is 1. The molecule has 1 amide bonds. The predicted octanol–water partition coefficient (Wildman–Crippen LogP) is 2.96. The lowest BCUT2D eigenvalue weighted by molar-refractivity contribution is -0.122. The third kappa shape index (κ3) is 6.07. The highest BCUT2D eigenvalue weighted by Gasteiger charge is 2.26. The number of halogens is 3. The van der Waals surface area contributed by atoms with Crippen molar-refractivity contribution < 1.29 is 26.4 Å². The zero-order valence-electron chi connectivity index (χ0n) is 15.2. The molecule has 2 aromatic rings. The first-order valence-corrected chi connectivity index (χ1v) is 10.1. The number of benzene rings is 2. The van der Waals surface area contributed by atoms with Crippen LogP contribution in [0.5, 0.6) is 0 Å². The van der Waals surface area contributed by atoms with Crippen LogP contribution in [0.2, 0.25) is 0 Å². The van der Waals surface area contributed by atoms with Crippen LogP contribution in [-0.2, 0) is 27.7 Å². The second-order valence-electron chi connectivity index (χ2n) is 6.16. The molecule has 0 saturated heterocycles. The highest BCUT2D eigenvalue weighted by Crippen LogP contribution is 2.19. The van der Waals surface area contributed by atoms with Gasteiger partial charge in [-0.05, 0) is 41.9 Å². The Labute approximate surface area is 162 Å². The number of carbonyl (C=O) groups excluding carboxylic acids is 1. The Morgan fingerprint density at radius 1 is 1.04 bits per heavy atom. The summed E-state index contributed by atoms with van der Waals surface area (Å²) in [4.78, 5) is 13.5. The predicted molar refractivity (Wildman–Crippen MR) is 98.8 cm³/mol. The van der Waals surface area contributed by atoms with Crippen molar-refractivity contribution in [3.8, 4) is 0 Å². The molecule has 2 rings (SSSR count). The molecule has 0 aliphatic rings. The molecular weight excluding hydrogens is 393 g/mol. The van der Waals surface area contributed by atoms with E-state index in [2.05, 4.69) is 5.32 Å². The van der Waals surface area contributed by atoms with Crippen LogP contribution in [0.1, 0.15) is 18.1 Å². The highest BCUT2D eigenvalue weighted by atomic mass is 32.2. The van der Waals surface area contributed by atoms with Crippen LogP contribution >= 0.6 is 0 Å². The van der Waals surface area contributed by atoms with E-state index in [0.29, 0.717) is 18.7 Å². The molecule has 152 valence electrons. The average Bonchev–Trinajstić information content (AvgIpc) is 2.67. The van der Waals surface area contributed by atoms with E-state index in [1.165, 1.54) is 24.3 Å². The Morgan fingerprint density at radius 2 is 1.61 bits per heavy atom. The van der Waals surface area contributed by atoms with Crippen molar-refractivity contribution in [2.75, 3.05) is 13.1 Å². The summed E-state index contributed by atoms with van der Waals surface area (Å²) < 4.78 is 60.9. The Balaban J connectivity index is 1.91. The Hall–Kier alpha value is -2.39. The number of carbonyl (C=O) groups is 1. The third-order valence-corrected chi connectivity index (χ3v) is 5.51. The molecule has 9 heteroatoms. The van der Waals surface area contributed by atoms with Crippen molar-refractivity contribution in [2.45, 2.75) is 30.7 Å².